The van der Waals surface area contributed by atoms with Crippen LogP contribution >= 0.6 is 0 Å². The highest BCUT2D eigenvalue weighted by atomic mass is 16.1. The van der Waals surface area contributed by atoms with E-state index >= 15 is 0 Å². The molecule has 3 nitrogen and oxygen atoms in total. The van der Waals surface area contributed by atoms with Crippen molar-refractivity contribution in [1.82, 2.24) is 0 Å². The smallest absolute Gasteiger partial charge is 0.189 e. The fourth-order valence-electron chi connectivity index (χ4n) is 5.25. The first-order valence-electron chi connectivity index (χ1n) is 10.5. The van der Waals surface area contributed by atoms with Crippen LogP contribution in [-0.4, -0.2) is 31.2 Å². The Morgan fingerprint density at radius 3 is 2.17 bits per heavy atom. The Morgan fingerprint density at radius 1 is 0.792 bits per heavy atom. The molecule has 1 saturated heterocycles. The monoisotopic (exact) mass is 334 g/mol. The van der Waals surface area contributed by atoms with E-state index in [-0.39, 0.29) is 5.92 Å². The highest BCUT2D eigenvalue weighted by Crippen LogP contribution is 2.29. The van der Waals surface area contributed by atoms with Crippen molar-refractivity contribution in [1.29, 1.82) is 0 Å². The highest BCUT2D eigenvalue weighted by Gasteiger charge is 2.35. The van der Waals surface area contributed by atoms with E-state index in [0.717, 1.165) is 57.5 Å². The third-order valence-electron chi connectivity index (χ3n) is 6.92. The normalized spacial score (nSPS) is 35.5. The van der Waals surface area contributed by atoms with E-state index in [4.69, 9.17) is 0 Å². The minimum absolute atomic E-state index is 0.232. The fourth-order valence-corrected chi connectivity index (χ4v) is 5.25. The second-order valence-corrected chi connectivity index (χ2v) is 8.88. The second-order valence-electron chi connectivity index (χ2n) is 8.88. The minimum atomic E-state index is 0.232. The van der Waals surface area contributed by atoms with Crippen molar-refractivity contribution in [2.45, 2.75) is 77.6 Å². The number of hydrogen-bond acceptors (Lipinski definition) is 2. The number of piperidine rings is 1. The first-order chi connectivity index (χ1) is 11.6. The number of likely N-dealkylation sites (tertiary alicyclic amines) is 1. The van der Waals surface area contributed by atoms with Gasteiger partial charge in [-0.3, -0.25) is 9.59 Å². The van der Waals surface area contributed by atoms with E-state index in [1.807, 2.05) is 0 Å². The van der Waals surface area contributed by atoms with E-state index in [1.165, 1.54) is 37.0 Å². The zero-order chi connectivity index (χ0) is 16.9. The second kappa shape index (κ2) is 8.60. The summed E-state index contributed by atoms with van der Waals surface area (Å²) < 4.78 is 0. The standard InChI is InChI=1S/C21H35NO2/c1-16-9-11-17(12-10-16)20(23)15-22-13-5-8-19(14-22)21(24)18-6-3-2-4-7-18/h16-19H,2-15H2,1H3/p+1. The summed E-state index contributed by atoms with van der Waals surface area (Å²) in [4.78, 5) is 26.9. The molecule has 1 aliphatic heterocycles. The molecule has 1 N–H and O–H groups in total. The van der Waals surface area contributed by atoms with Crippen LogP contribution in [0.15, 0.2) is 0 Å². The summed E-state index contributed by atoms with van der Waals surface area (Å²) in [6, 6.07) is 0. The summed E-state index contributed by atoms with van der Waals surface area (Å²) >= 11 is 0. The van der Waals surface area contributed by atoms with Crippen molar-refractivity contribution in [3.8, 4) is 0 Å². The van der Waals surface area contributed by atoms with Gasteiger partial charge in [-0.25, -0.2) is 0 Å². The summed E-state index contributed by atoms with van der Waals surface area (Å²) in [5, 5.41) is 0. The van der Waals surface area contributed by atoms with Crippen LogP contribution in [0.3, 0.4) is 0 Å². The molecule has 2 saturated carbocycles. The number of rotatable bonds is 5. The van der Waals surface area contributed by atoms with Crippen molar-refractivity contribution >= 4 is 11.6 Å². The van der Waals surface area contributed by atoms with Crippen LogP contribution in [0.2, 0.25) is 0 Å². The topological polar surface area (TPSA) is 38.6 Å². The Kier molecular flexibility index (Phi) is 6.49. The number of carbonyl (C=O) groups is 2. The van der Waals surface area contributed by atoms with Gasteiger partial charge in [0.15, 0.2) is 5.78 Å². The lowest BCUT2D eigenvalue weighted by Gasteiger charge is -2.33. The Balaban J connectivity index is 1.48. The number of ketones is 2. The predicted octanol–water partition coefficient (Wildman–Crippen LogP) is 2.83. The molecule has 0 bridgehead atoms. The van der Waals surface area contributed by atoms with Gasteiger partial charge in [-0.2, -0.15) is 0 Å². The van der Waals surface area contributed by atoms with Gasteiger partial charge in [-0.15, -0.1) is 0 Å². The Bertz CT molecular complexity index is 433. The van der Waals surface area contributed by atoms with Crippen molar-refractivity contribution in [3.05, 3.63) is 0 Å². The van der Waals surface area contributed by atoms with Crippen molar-refractivity contribution in [2.24, 2.45) is 23.7 Å². The molecule has 2 atom stereocenters. The van der Waals surface area contributed by atoms with E-state index in [1.54, 1.807) is 0 Å². The summed E-state index contributed by atoms with van der Waals surface area (Å²) in [5.74, 6) is 2.68. The van der Waals surface area contributed by atoms with Gasteiger partial charge < -0.3 is 4.90 Å². The van der Waals surface area contributed by atoms with Gasteiger partial charge in [0.2, 0.25) is 0 Å². The molecule has 3 aliphatic rings. The molecule has 3 heteroatoms. The number of carbonyl (C=O) groups excluding carboxylic acids is 2. The molecule has 136 valence electrons. The van der Waals surface area contributed by atoms with Gasteiger partial charge in [0.05, 0.1) is 19.0 Å². The van der Waals surface area contributed by atoms with E-state index in [0.29, 0.717) is 29.9 Å². The van der Waals surface area contributed by atoms with Crippen LogP contribution in [0.1, 0.15) is 77.6 Å². The quantitative estimate of drug-likeness (QED) is 0.840. The van der Waals surface area contributed by atoms with Crippen LogP contribution in [0, 0.1) is 23.7 Å². The molecule has 2 aliphatic carbocycles. The maximum atomic E-state index is 12.8. The highest BCUT2D eigenvalue weighted by molar-refractivity contribution is 5.84. The summed E-state index contributed by atoms with van der Waals surface area (Å²) in [6.45, 7) is 4.99. The van der Waals surface area contributed by atoms with Crippen molar-refractivity contribution < 1.29 is 14.5 Å². The number of quaternary nitrogens is 1. The Hall–Kier alpha value is -0.700. The van der Waals surface area contributed by atoms with E-state index < -0.39 is 0 Å². The first kappa shape index (κ1) is 18.1. The third kappa shape index (κ3) is 4.68. The van der Waals surface area contributed by atoms with Crippen LogP contribution in [0.5, 0.6) is 0 Å². The maximum absolute atomic E-state index is 12.8. The molecule has 3 rings (SSSR count). The maximum Gasteiger partial charge on any atom is 0.189 e. The summed E-state index contributed by atoms with van der Waals surface area (Å²) in [7, 11) is 0. The minimum Gasteiger partial charge on any atom is -0.328 e. The van der Waals surface area contributed by atoms with E-state index in [2.05, 4.69) is 6.92 Å². The van der Waals surface area contributed by atoms with Crippen LogP contribution in [-0.2, 0) is 9.59 Å². The lowest BCUT2D eigenvalue weighted by atomic mass is 9.79. The van der Waals surface area contributed by atoms with Crippen molar-refractivity contribution in [2.75, 3.05) is 19.6 Å². The molecule has 24 heavy (non-hydrogen) atoms. The molecule has 3 fully saturated rings. The molecule has 0 aromatic carbocycles. The lowest BCUT2D eigenvalue weighted by molar-refractivity contribution is -0.899. The number of hydrogen-bond donors (Lipinski definition) is 1. The van der Waals surface area contributed by atoms with Gasteiger partial charge in [0.25, 0.3) is 0 Å². The number of Topliss-reactive ketones (excluding diaryl/α,β-unsaturated/α-hetero) is 2. The van der Waals surface area contributed by atoms with Crippen LogP contribution < -0.4 is 4.90 Å². The van der Waals surface area contributed by atoms with Crippen LogP contribution in [0.25, 0.3) is 0 Å². The molecule has 0 spiro atoms. The third-order valence-corrected chi connectivity index (χ3v) is 6.92. The van der Waals surface area contributed by atoms with Gasteiger partial charge in [-0.1, -0.05) is 39.0 Å². The largest absolute Gasteiger partial charge is 0.328 e. The zero-order valence-electron chi connectivity index (χ0n) is 15.5. The molecule has 1 heterocycles. The SMILES string of the molecule is CC1CCC(C(=O)C[NH+]2CCCC(C(=O)C3CCCCC3)C2)CC1. The fraction of sp³-hybridized carbons (Fsp3) is 0.905. The molecule has 2 unspecified atom stereocenters. The first-order valence-corrected chi connectivity index (χ1v) is 10.5. The van der Waals surface area contributed by atoms with Crippen molar-refractivity contribution in [3.63, 3.8) is 0 Å². The van der Waals surface area contributed by atoms with Crippen LogP contribution in [0.4, 0.5) is 0 Å². The molecule has 0 aromatic heterocycles. The summed E-state index contributed by atoms with van der Waals surface area (Å²) in [5.41, 5.74) is 0. The number of nitrogens with one attached hydrogen (secondary N) is 1. The van der Waals surface area contributed by atoms with Gasteiger partial charge in [-0.05, 0) is 44.4 Å². The molecular weight excluding hydrogens is 298 g/mol. The molecular formula is C21H36NO2+. The summed E-state index contributed by atoms with van der Waals surface area (Å²) in [6.07, 6.45) is 12.8. The lowest BCUT2D eigenvalue weighted by Crippen LogP contribution is -3.14. The average molecular weight is 335 g/mol. The molecule has 0 amide bonds. The van der Waals surface area contributed by atoms with E-state index in [9.17, 15) is 9.59 Å². The van der Waals surface area contributed by atoms with Gasteiger partial charge >= 0.3 is 0 Å². The zero-order valence-corrected chi connectivity index (χ0v) is 15.5. The van der Waals surface area contributed by atoms with Gasteiger partial charge in [0, 0.05) is 11.8 Å². The Morgan fingerprint density at radius 2 is 1.46 bits per heavy atom. The molecule has 0 radical (unpaired) electrons. The predicted molar refractivity (Wildman–Crippen MR) is 96.0 cm³/mol. The average Bonchev–Trinajstić information content (AvgIpc) is 2.62. The van der Waals surface area contributed by atoms with Gasteiger partial charge in [0.1, 0.15) is 12.3 Å². The Labute approximate surface area is 147 Å². The molecule has 0 aromatic rings.